The topological polar surface area (TPSA) is 56.1 Å². The highest BCUT2D eigenvalue weighted by Crippen LogP contribution is 2.32. The van der Waals surface area contributed by atoms with Crippen LogP contribution in [0.5, 0.6) is 0 Å². The maximum Gasteiger partial charge on any atom is 0.337 e. The Kier molecular flexibility index (Phi) is 5.58. The van der Waals surface area contributed by atoms with Crippen LogP contribution >= 0.6 is 0 Å². The van der Waals surface area contributed by atoms with Gasteiger partial charge in [-0.25, -0.2) is 14.2 Å². The molecule has 1 aliphatic heterocycles. The van der Waals surface area contributed by atoms with E-state index in [1.807, 2.05) is 29.7 Å². The van der Waals surface area contributed by atoms with E-state index in [-0.39, 0.29) is 11.7 Å². The molecule has 6 nitrogen and oxygen atoms in total. The lowest BCUT2D eigenvalue weighted by Crippen LogP contribution is -2.41. The predicted octanol–water partition coefficient (Wildman–Crippen LogP) is 3.42. The molecule has 30 heavy (non-hydrogen) atoms. The summed E-state index contributed by atoms with van der Waals surface area (Å²) in [6.45, 7) is 6.17. The summed E-state index contributed by atoms with van der Waals surface area (Å²) in [4.78, 5) is 18.9. The second-order valence-corrected chi connectivity index (χ2v) is 7.94. The molecule has 0 radical (unpaired) electrons. The second-order valence-electron chi connectivity index (χ2n) is 7.94. The number of morpholine rings is 1. The van der Waals surface area contributed by atoms with Crippen LogP contribution in [0.4, 0.5) is 4.39 Å². The predicted molar refractivity (Wildman–Crippen MR) is 112 cm³/mol. The van der Waals surface area contributed by atoms with E-state index in [1.54, 1.807) is 13.0 Å². The van der Waals surface area contributed by atoms with Gasteiger partial charge >= 0.3 is 5.97 Å². The number of halogens is 1. The number of carbonyl (C=O) groups is 1. The summed E-state index contributed by atoms with van der Waals surface area (Å²) in [5.41, 5.74) is 4.57. The first-order valence-corrected chi connectivity index (χ1v) is 10.0. The Morgan fingerprint density at radius 1 is 1.33 bits per heavy atom. The molecule has 4 rings (SSSR count). The summed E-state index contributed by atoms with van der Waals surface area (Å²) in [5.74, 6) is -1.05. The third kappa shape index (κ3) is 3.82. The van der Waals surface area contributed by atoms with Gasteiger partial charge in [-0.15, -0.1) is 0 Å². The number of ether oxygens (including phenoxy) is 2. The summed E-state index contributed by atoms with van der Waals surface area (Å²) < 4.78 is 27.9. The number of rotatable bonds is 4. The SMILES string of the molecule is COC(=O)c1cc(C)c(-c2nc3cc(C)ccn3c2CC2CN(C)CCO2)c(F)c1. The fourth-order valence-electron chi connectivity index (χ4n) is 4.08. The Bertz CT molecular complexity index is 1090. The number of hydrogen-bond acceptors (Lipinski definition) is 5. The first-order valence-electron chi connectivity index (χ1n) is 10.0. The quantitative estimate of drug-likeness (QED) is 0.616. The summed E-state index contributed by atoms with van der Waals surface area (Å²) in [6, 6.07) is 6.86. The Balaban J connectivity index is 1.85. The number of aryl methyl sites for hydroxylation is 2. The summed E-state index contributed by atoms with van der Waals surface area (Å²) in [5, 5.41) is 0. The molecule has 7 heteroatoms. The van der Waals surface area contributed by atoms with E-state index in [0.717, 1.165) is 30.0 Å². The fourth-order valence-corrected chi connectivity index (χ4v) is 4.08. The van der Waals surface area contributed by atoms with E-state index in [2.05, 4.69) is 11.9 Å². The zero-order valence-electron chi connectivity index (χ0n) is 17.7. The van der Waals surface area contributed by atoms with Crippen LogP contribution in [0, 0.1) is 19.7 Å². The molecule has 1 aliphatic rings. The lowest BCUT2D eigenvalue weighted by molar-refractivity contribution is -0.0190. The zero-order chi connectivity index (χ0) is 21.4. The highest BCUT2D eigenvalue weighted by atomic mass is 19.1. The zero-order valence-corrected chi connectivity index (χ0v) is 17.7. The van der Waals surface area contributed by atoms with Crippen molar-refractivity contribution in [2.45, 2.75) is 26.4 Å². The number of imidazole rings is 1. The molecule has 0 saturated carbocycles. The normalized spacial score (nSPS) is 17.4. The summed E-state index contributed by atoms with van der Waals surface area (Å²) in [6.07, 6.45) is 2.59. The van der Waals surface area contributed by atoms with Gasteiger partial charge in [0.1, 0.15) is 11.5 Å². The van der Waals surface area contributed by atoms with Crippen LogP contribution in [0.1, 0.15) is 27.2 Å². The van der Waals surface area contributed by atoms with E-state index < -0.39 is 11.8 Å². The highest BCUT2D eigenvalue weighted by Gasteiger charge is 2.25. The molecule has 3 heterocycles. The van der Waals surface area contributed by atoms with Crippen LogP contribution in [-0.2, 0) is 15.9 Å². The van der Waals surface area contributed by atoms with Crippen molar-refractivity contribution in [1.82, 2.24) is 14.3 Å². The minimum atomic E-state index is -0.562. The van der Waals surface area contributed by atoms with Crippen molar-refractivity contribution in [3.63, 3.8) is 0 Å². The maximum absolute atomic E-state index is 15.2. The van der Waals surface area contributed by atoms with Gasteiger partial charge in [-0.2, -0.15) is 0 Å². The standard InChI is InChI=1S/C23H26FN3O3/c1-14-5-6-27-19(12-17-13-26(3)7-8-30-17)22(25-20(27)9-14)21-15(2)10-16(11-18(21)24)23(28)29-4/h5-6,9-11,17H,7-8,12-13H2,1-4H3. The third-order valence-corrected chi connectivity index (χ3v) is 5.59. The minimum absolute atomic E-state index is 0.00131. The van der Waals surface area contributed by atoms with E-state index >= 15 is 4.39 Å². The van der Waals surface area contributed by atoms with Gasteiger partial charge in [0.15, 0.2) is 0 Å². The molecule has 1 atom stereocenters. The van der Waals surface area contributed by atoms with E-state index in [1.165, 1.54) is 13.2 Å². The number of benzene rings is 1. The lowest BCUT2D eigenvalue weighted by atomic mass is 9.98. The lowest BCUT2D eigenvalue weighted by Gasteiger charge is -2.30. The summed E-state index contributed by atoms with van der Waals surface area (Å²) in [7, 11) is 3.36. The van der Waals surface area contributed by atoms with E-state index in [0.29, 0.717) is 29.8 Å². The van der Waals surface area contributed by atoms with Gasteiger partial charge in [-0.3, -0.25) is 0 Å². The number of carbonyl (C=O) groups excluding carboxylic acids is 1. The fraction of sp³-hybridized carbons (Fsp3) is 0.391. The van der Waals surface area contributed by atoms with Crippen LogP contribution < -0.4 is 0 Å². The third-order valence-electron chi connectivity index (χ3n) is 5.59. The van der Waals surface area contributed by atoms with Crippen molar-refractivity contribution in [1.29, 1.82) is 0 Å². The monoisotopic (exact) mass is 411 g/mol. The molecule has 1 saturated heterocycles. The number of pyridine rings is 1. The van der Waals surface area contributed by atoms with Gasteiger partial charge in [0.25, 0.3) is 0 Å². The molecule has 1 unspecified atom stereocenters. The maximum atomic E-state index is 15.2. The van der Waals surface area contributed by atoms with Gasteiger partial charge < -0.3 is 18.8 Å². The van der Waals surface area contributed by atoms with Crippen molar-refractivity contribution in [3.8, 4) is 11.3 Å². The van der Waals surface area contributed by atoms with Crippen LogP contribution in [-0.4, -0.2) is 60.2 Å². The average Bonchev–Trinajstić information content (AvgIpc) is 3.03. The van der Waals surface area contributed by atoms with Gasteiger partial charge in [0.2, 0.25) is 0 Å². The molecule has 0 bridgehead atoms. The molecule has 1 aromatic carbocycles. The number of fused-ring (bicyclic) bond motifs is 1. The molecule has 1 fully saturated rings. The number of nitrogens with zero attached hydrogens (tertiary/aromatic N) is 3. The Hall–Kier alpha value is -2.77. The highest BCUT2D eigenvalue weighted by molar-refractivity contribution is 5.90. The number of hydrogen-bond donors (Lipinski definition) is 0. The molecule has 158 valence electrons. The smallest absolute Gasteiger partial charge is 0.337 e. The van der Waals surface area contributed by atoms with Gasteiger partial charge in [0, 0.05) is 31.3 Å². The van der Waals surface area contributed by atoms with Crippen molar-refractivity contribution in [2.75, 3.05) is 33.9 Å². The molecule has 0 aliphatic carbocycles. The van der Waals surface area contributed by atoms with Crippen molar-refractivity contribution >= 4 is 11.6 Å². The van der Waals surface area contributed by atoms with Crippen LogP contribution in [0.3, 0.4) is 0 Å². The van der Waals surface area contributed by atoms with E-state index in [9.17, 15) is 4.79 Å². The van der Waals surface area contributed by atoms with Crippen LogP contribution in [0.25, 0.3) is 16.9 Å². The first kappa shape index (κ1) is 20.5. The van der Waals surface area contributed by atoms with Crippen molar-refractivity contribution in [3.05, 3.63) is 58.7 Å². The largest absolute Gasteiger partial charge is 0.465 e. The number of likely N-dealkylation sites (N-methyl/N-ethyl adjacent to an activating group) is 1. The number of methoxy groups -OCH3 is 1. The van der Waals surface area contributed by atoms with Gasteiger partial charge in [0.05, 0.1) is 36.8 Å². The molecule has 0 amide bonds. The minimum Gasteiger partial charge on any atom is -0.465 e. The molecule has 3 aromatic rings. The van der Waals surface area contributed by atoms with E-state index in [4.69, 9.17) is 14.5 Å². The summed E-state index contributed by atoms with van der Waals surface area (Å²) >= 11 is 0. The van der Waals surface area contributed by atoms with Crippen LogP contribution in [0.15, 0.2) is 30.5 Å². The van der Waals surface area contributed by atoms with Gasteiger partial charge in [-0.05, 0) is 56.3 Å². The second kappa shape index (κ2) is 8.16. The Labute approximate surface area is 175 Å². The van der Waals surface area contributed by atoms with Crippen LogP contribution in [0.2, 0.25) is 0 Å². The first-order chi connectivity index (χ1) is 14.4. The van der Waals surface area contributed by atoms with Crippen molar-refractivity contribution < 1.29 is 18.7 Å². The average molecular weight is 411 g/mol. The Morgan fingerprint density at radius 2 is 2.13 bits per heavy atom. The molecular formula is C23H26FN3O3. The van der Waals surface area contributed by atoms with Crippen molar-refractivity contribution in [2.24, 2.45) is 0 Å². The molecule has 0 spiro atoms. The molecular weight excluding hydrogens is 385 g/mol. The number of aromatic nitrogens is 2. The number of esters is 1. The molecule has 0 N–H and O–H groups in total. The van der Waals surface area contributed by atoms with Gasteiger partial charge in [-0.1, -0.05) is 0 Å². The molecule has 2 aromatic heterocycles. The Morgan fingerprint density at radius 3 is 2.83 bits per heavy atom.